The van der Waals surface area contributed by atoms with E-state index in [1.165, 1.54) is 0 Å². The lowest BCUT2D eigenvalue weighted by Gasteiger charge is -1.83. The quantitative estimate of drug-likeness (QED) is 0.693. The van der Waals surface area contributed by atoms with Crippen molar-refractivity contribution < 1.29 is 0 Å². The Hall–Kier alpha value is -4.08. The van der Waals surface area contributed by atoms with E-state index in [4.69, 9.17) is 12.8 Å². The first-order valence-electron chi connectivity index (χ1n) is 7.73. The summed E-state index contributed by atoms with van der Waals surface area (Å²) < 4.78 is 0. The van der Waals surface area contributed by atoms with Crippen molar-refractivity contribution in [3.8, 4) is 72.1 Å². The summed E-state index contributed by atoms with van der Waals surface area (Å²) in [6, 6.07) is 3.91. The van der Waals surface area contributed by atoms with Gasteiger partial charge >= 0.3 is 0 Å². The fourth-order valence-electron chi connectivity index (χ4n) is 2.04. The highest BCUT2D eigenvalue weighted by Gasteiger charge is 2.00. The minimum absolute atomic E-state index is 0.796. The maximum absolute atomic E-state index is 5.03. The zero-order chi connectivity index (χ0) is 19.4. The third-order valence-corrected chi connectivity index (χ3v) is 2.94. The van der Waals surface area contributed by atoms with Gasteiger partial charge in [-0.05, 0) is 75.4 Å². The smallest absolute Gasteiger partial charge is 0.106 e. The van der Waals surface area contributed by atoms with Gasteiger partial charge in [0.2, 0.25) is 0 Å². The van der Waals surface area contributed by atoms with E-state index in [1.54, 1.807) is 13.8 Å². The molecule has 2 heterocycles. The fraction of sp³-hybridized carbons (Fsp3) is 0.167. The summed E-state index contributed by atoms with van der Waals surface area (Å²) in [5, 5.41) is 0. The van der Waals surface area contributed by atoms with Crippen LogP contribution in [0, 0.1) is 85.9 Å². The molecule has 0 fully saturated rings. The molecule has 124 valence electrons. The number of hydrogen-bond acceptors (Lipinski definition) is 0. The second kappa shape index (κ2) is 10.6. The molecule has 0 spiro atoms. The van der Waals surface area contributed by atoms with Gasteiger partial charge in [0.1, 0.15) is 11.4 Å². The summed E-state index contributed by atoms with van der Waals surface area (Å²) in [5.41, 5.74) is 5.48. The number of H-pyrrole nitrogens is 2. The highest BCUT2D eigenvalue weighted by atomic mass is 14.7. The van der Waals surface area contributed by atoms with Gasteiger partial charge in [0, 0.05) is 11.4 Å². The number of nitrogens with one attached hydrogen (secondary N) is 2. The maximum atomic E-state index is 5.03. The highest BCUT2D eigenvalue weighted by Crippen LogP contribution is 2.08. The Kier molecular flexibility index (Phi) is 8.18. The lowest BCUT2D eigenvalue weighted by Crippen LogP contribution is -1.78. The summed E-state index contributed by atoms with van der Waals surface area (Å²) in [4.78, 5) is 6.19. The minimum Gasteiger partial charge on any atom is -0.351 e. The topological polar surface area (TPSA) is 31.6 Å². The average Bonchev–Trinajstić information content (AvgIpc) is 3.14. The molecule has 2 aromatic heterocycles. The summed E-state index contributed by atoms with van der Waals surface area (Å²) in [6.45, 7) is 7.51. The van der Waals surface area contributed by atoms with Crippen molar-refractivity contribution in [2.45, 2.75) is 27.7 Å². The molecule has 0 saturated carbocycles. The molecule has 0 amide bonds. The summed E-state index contributed by atoms with van der Waals surface area (Å²) >= 11 is 0. The normalized spacial score (nSPS) is 7.46. The van der Waals surface area contributed by atoms with E-state index in [1.807, 2.05) is 26.0 Å². The first-order chi connectivity index (χ1) is 12.5. The largest absolute Gasteiger partial charge is 0.351 e. The van der Waals surface area contributed by atoms with Crippen LogP contribution in [0.4, 0.5) is 0 Å². The van der Waals surface area contributed by atoms with Crippen LogP contribution in [0.25, 0.3) is 0 Å². The van der Waals surface area contributed by atoms with Crippen molar-refractivity contribution in [2.75, 3.05) is 0 Å². The van der Waals surface area contributed by atoms with Crippen LogP contribution in [0.15, 0.2) is 12.1 Å². The van der Waals surface area contributed by atoms with Crippen molar-refractivity contribution >= 4 is 0 Å². The molecular weight excluding hydrogens is 316 g/mol. The van der Waals surface area contributed by atoms with Crippen molar-refractivity contribution in [3.05, 3.63) is 46.0 Å². The van der Waals surface area contributed by atoms with Crippen LogP contribution in [0.1, 0.15) is 47.8 Å². The molecule has 0 bridgehead atoms. The second-order valence-corrected chi connectivity index (χ2v) is 5.02. The molecule has 0 atom stereocenters. The summed E-state index contributed by atoms with van der Waals surface area (Å²) in [6.07, 6.45) is 10.1. The van der Waals surface area contributed by atoms with Crippen LogP contribution >= 0.6 is 0 Å². The SMILES string of the molecule is C#CC#Cc1[nH]c(C)cc1C#CC.C#CC#Cc1[nH]c(C)cc1C#CC. The molecular formula is C24H18N2. The van der Waals surface area contributed by atoms with E-state index in [9.17, 15) is 0 Å². The Bertz CT molecular complexity index is 1010. The van der Waals surface area contributed by atoms with Gasteiger partial charge in [0.15, 0.2) is 0 Å². The molecule has 2 N–H and O–H groups in total. The Morgan fingerprint density at radius 2 is 1.08 bits per heavy atom. The molecule has 0 saturated heterocycles. The molecule has 0 unspecified atom stereocenters. The minimum atomic E-state index is 0.796. The predicted octanol–water partition coefficient (Wildman–Crippen LogP) is 3.36. The zero-order valence-electron chi connectivity index (χ0n) is 15.3. The molecule has 0 aromatic carbocycles. The first-order valence-corrected chi connectivity index (χ1v) is 7.73. The molecule has 0 radical (unpaired) electrons. The van der Waals surface area contributed by atoms with E-state index >= 15 is 0 Å². The number of aryl methyl sites for hydroxylation is 2. The second-order valence-electron chi connectivity index (χ2n) is 5.02. The van der Waals surface area contributed by atoms with Crippen LogP contribution < -0.4 is 0 Å². The molecule has 2 rings (SSSR count). The lowest BCUT2D eigenvalue weighted by molar-refractivity contribution is 1.24. The van der Waals surface area contributed by atoms with E-state index in [0.717, 1.165) is 33.9 Å². The molecule has 2 nitrogen and oxygen atoms in total. The Balaban J connectivity index is 0.000000260. The monoisotopic (exact) mass is 334 g/mol. The molecule has 2 aromatic rings. The first kappa shape index (κ1) is 20.0. The van der Waals surface area contributed by atoms with E-state index in [-0.39, 0.29) is 0 Å². The third kappa shape index (κ3) is 6.20. The van der Waals surface area contributed by atoms with Gasteiger partial charge < -0.3 is 9.97 Å². The number of rotatable bonds is 0. The predicted molar refractivity (Wildman–Crippen MR) is 108 cm³/mol. The number of aromatic amines is 2. The lowest BCUT2D eigenvalue weighted by atomic mass is 10.2. The summed E-state index contributed by atoms with van der Waals surface area (Å²) in [7, 11) is 0. The van der Waals surface area contributed by atoms with Crippen LogP contribution in [0.5, 0.6) is 0 Å². The average molecular weight is 334 g/mol. The van der Waals surface area contributed by atoms with Gasteiger partial charge in [-0.1, -0.05) is 11.8 Å². The van der Waals surface area contributed by atoms with Crippen molar-refractivity contribution in [1.82, 2.24) is 9.97 Å². The molecule has 2 heteroatoms. The third-order valence-electron chi connectivity index (χ3n) is 2.94. The van der Waals surface area contributed by atoms with E-state index in [0.29, 0.717) is 0 Å². The van der Waals surface area contributed by atoms with E-state index in [2.05, 4.69) is 69.2 Å². The number of hydrogen-bond donors (Lipinski definition) is 2. The summed E-state index contributed by atoms with van der Waals surface area (Å²) in [5.74, 6) is 26.8. The van der Waals surface area contributed by atoms with Crippen LogP contribution in [-0.2, 0) is 0 Å². The maximum Gasteiger partial charge on any atom is 0.106 e. The fourth-order valence-corrected chi connectivity index (χ4v) is 2.04. The van der Waals surface area contributed by atoms with E-state index < -0.39 is 0 Å². The van der Waals surface area contributed by atoms with Gasteiger partial charge in [-0.3, -0.25) is 0 Å². The Morgan fingerprint density at radius 1 is 0.692 bits per heavy atom. The number of aromatic nitrogens is 2. The Labute approximate surface area is 156 Å². The van der Waals surface area contributed by atoms with Crippen LogP contribution in [-0.4, -0.2) is 9.97 Å². The standard InChI is InChI=1S/2C12H9N/c2*1-4-6-8-12-11(7-5-2)9-10(3)13-12/h2*1,9,13H,2-3H3. The zero-order valence-corrected chi connectivity index (χ0v) is 15.3. The van der Waals surface area contributed by atoms with Gasteiger partial charge in [-0.15, -0.1) is 24.7 Å². The molecule has 0 aliphatic heterocycles. The molecule has 0 aliphatic carbocycles. The van der Waals surface area contributed by atoms with Crippen molar-refractivity contribution in [2.24, 2.45) is 0 Å². The van der Waals surface area contributed by atoms with Gasteiger partial charge in [-0.25, -0.2) is 0 Å². The van der Waals surface area contributed by atoms with Crippen molar-refractivity contribution in [3.63, 3.8) is 0 Å². The van der Waals surface area contributed by atoms with Gasteiger partial charge in [0.25, 0.3) is 0 Å². The van der Waals surface area contributed by atoms with Crippen LogP contribution in [0.3, 0.4) is 0 Å². The molecule has 0 aliphatic rings. The van der Waals surface area contributed by atoms with Crippen molar-refractivity contribution in [1.29, 1.82) is 0 Å². The van der Waals surface area contributed by atoms with Gasteiger partial charge in [-0.2, -0.15) is 0 Å². The highest BCUT2D eigenvalue weighted by molar-refractivity contribution is 5.50. The Morgan fingerprint density at radius 3 is 1.38 bits per heavy atom. The van der Waals surface area contributed by atoms with Crippen LogP contribution in [0.2, 0.25) is 0 Å². The molecule has 26 heavy (non-hydrogen) atoms. The number of terminal acetylenes is 2. The van der Waals surface area contributed by atoms with Gasteiger partial charge in [0.05, 0.1) is 11.1 Å².